The number of hydrogen-bond donors (Lipinski definition) is 1. The topological polar surface area (TPSA) is 12.0 Å². The van der Waals surface area contributed by atoms with E-state index in [0.717, 1.165) is 46.5 Å². The first-order chi connectivity index (χ1) is 12.0. The van der Waals surface area contributed by atoms with E-state index in [1.165, 1.54) is 11.6 Å². The number of anilines is 1. The number of benzene rings is 2. The molecule has 0 heterocycles. The molecule has 0 bridgehead atoms. The summed E-state index contributed by atoms with van der Waals surface area (Å²) >= 11 is 0. The van der Waals surface area contributed by atoms with Crippen molar-refractivity contribution in [2.24, 2.45) is 0 Å². The van der Waals surface area contributed by atoms with E-state index in [9.17, 15) is 4.39 Å². The summed E-state index contributed by atoms with van der Waals surface area (Å²) in [5.41, 5.74) is 7.63. The van der Waals surface area contributed by atoms with Crippen molar-refractivity contribution in [3.8, 4) is 0 Å². The van der Waals surface area contributed by atoms with Crippen molar-refractivity contribution >= 4 is 16.8 Å². The third-order valence-corrected chi connectivity index (χ3v) is 4.28. The molecule has 2 heteroatoms. The van der Waals surface area contributed by atoms with Crippen LogP contribution in [0.5, 0.6) is 0 Å². The molecule has 0 aliphatic heterocycles. The predicted molar refractivity (Wildman–Crippen MR) is 108 cm³/mol. The maximum absolute atomic E-state index is 13.3. The Balaban J connectivity index is 2.26. The van der Waals surface area contributed by atoms with E-state index in [4.69, 9.17) is 0 Å². The highest BCUT2D eigenvalue weighted by Crippen LogP contribution is 2.30. The van der Waals surface area contributed by atoms with E-state index in [2.05, 4.69) is 43.6 Å². The molecule has 0 aromatic heterocycles. The van der Waals surface area contributed by atoms with Gasteiger partial charge in [0.25, 0.3) is 0 Å². The van der Waals surface area contributed by atoms with Crippen molar-refractivity contribution in [2.45, 2.75) is 27.2 Å². The molecule has 0 radical (unpaired) electrons. The predicted octanol–water partition coefficient (Wildman–Crippen LogP) is 6.41. The summed E-state index contributed by atoms with van der Waals surface area (Å²) in [5.74, 6) is -0.193. The molecule has 1 N–H and O–H groups in total. The van der Waals surface area contributed by atoms with Crippen molar-refractivity contribution < 1.29 is 4.39 Å². The van der Waals surface area contributed by atoms with Crippen LogP contribution >= 0.6 is 0 Å². The number of aryl methyl sites for hydroxylation is 1. The van der Waals surface area contributed by atoms with E-state index >= 15 is 0 Å². The van der Waals surface area contributed by atoms with Crippen molar-refractivity contribution in [2.75, 3.05) is 11.9 Å². The van der Waals surface area contributed by atoms with E-state index in [0.29, 0.717) is 0 Å². The van der Waals surface area contributed by atoms with Crippen molar-refractivity contribution in [1.29, 1.82) is 0 Å². The summed E-state index contributed by atoms with van der Waals surface area (Å²) in [4.78, 5) is 0. The van der Waals surface area contributed by atoms with Crippen LogP contribution in [-0.4, -0.2) is 6.54 Å². The summed E-state index contributed by atoms with van der Waals surface area (Å²) in [6, 6.07) is 11.1. The summed E-state index contributed by atoms with van der Waals surface area (Å²) in [6.45, 7) is 14.9. The third kappa shape index (κ3) is 4.69. The fourth-order valence-corrected chi connectivity index (χ4v) is 2.94. The van der Waals surface area contributed by atoms with Gasteiger partial charge in [-0.3, -0.25) is 0 Å². The molecule has 0 saturated heterocycles. The number of nitrogens with one attached hydrogen (secondary N) is 1. The molecule has 130 valence electrons. The fraction of sp³-hybridized carbons (Fsp3) is 0.217. The summed E-state index contributed by atoms with van der Waals surface area (Å²) in [5, 5.41) is 3.49. The van der Waals surface area contributed by atoms with Crippen LogP contribution < -0.4 is 5.32 Å². The lowest BCUT2D eigenvalue weighted by Crippen LogP contribution is -2.08. The highest BCUT2D eigenvalue weighted by Gasteiger charge is 2.10. The lowest BCUT2D eigenvalue weighted by atomic mass is 9.94. The highest BCUT2D eigenvalue weighted by molar-refractivity contribution is 5.83. The Morgan fingerprint density at radius 1 is 1.20 bits per heavy atom. The second-order valence-corrected chi connectivity index (χ2v) is 6.25. The van der Waals surface area contributed by atoms with Crippen molar-refractivity contribution in [3.05, 3.63) is 89.8 Å². The van der Waals surface area contributed by atoms with Crippen molar-refractivity contribution in [1.82, 2.24) is 0 Å². The monoisotopic (exact) mass is 335 g/mol. The average Bonchev–Trinajstić information content (AvgIpc) is 2.58. The SMILES string of the molecule is C=C/C(=C\C)c1cc(NCCc2cccc(F)c2)c(C(=C)C)cc1C. The Bertz CT molecular complexity index is 815. The van der Waals surface area contributed by atoms with Crippen LogP contribution in [0.3, 0.4) is 0 Å². The molecule has 2 rings (SSSR count). The average molecular weight is 335 g/mol. The first kappa shape index (κ1) is 18.7. The van der Waals surface area contributed by atoms with Crippen LogP contribution in [0.25, 0.3) is 11.1 Å². The molecule has 0 spiro atoms. The Morgan fingerprint density at radius 3 is 2.56 bits per heavy atom. The third-order valence-electron chi connectivity index (χ3n) is 4.28. The highest BCUT2D eigenvalue weighted by atomic mass is 19.1. The molecule has 0 fully saturated rings. The van der Waals surface area contributed by atoms with Crippen LogP contribution in [0.2, 0.25) is 0 Å². The zero-order chi connectivity index (χ0) is 18.4. The molecule has 25 heavy (non-hydrogen) atoms. The number of rotatable bonds is 7. The van der Waals surface area contributed by atoms with Gasteiger partial charge >= 0.3 is 0 Å². The molecule has 1 nitrogen and oxygen atoms in total. The number of halogens is 1. The quantitative estimate of drug-likeness (QED) is 0.576. The van der Waals surface area contributed by atoms with Crippen LogP contribution in [0.1, 0.15) is 36.1 Å². The standard InChI is InChI=1S/C23H26FN/c1-6-19(7-2)22-15-23(21(16(3)4)13-17(22)5)25-12-11-18-9-8-10-20(24)14-18/h6-10,13-15,25H,1,3,11-12H2,2,4-5H3/b19-7+. The van der Waals surface area contributed by atoms with Gasteiger partial charge in [-0.2, -0.15) is 0 Å². The Kier molecular flexibility index (Phi) is 6.35. The van der Waals surface area contributed by atoms with Crippen LogP contribution in [-0.2, 0) is 6.42 Å². The molecule has 0 amide bonds. The zero-order valence-corrected chi connectivity index (χ0v) is 15.3. The molecular formula is C23H26FN. The minimum Gasteiger partial charge on any atom is -0.384 e. The minimum atomic E-state index is -0.193. The summed E-state index contributed by atoms with van der Waals surface area (Å²) < 4.78 is 13.3. The van der Waals surface area contributed by atoms with E-state index in [-0.39, 0.29) is 5.82 Å². The lowest BCUT2D eigenvalue weighted by Gasteiger charge is -2.17. The summed E-state index contributed by atoms with van der Waals surface area (Å²) in [6.07, 6.45) is 4.69. The van der Waals surface area contributed by atoms with Gasteiger partial charge in [-0.25, -0.2) is 4.39 Å². The van der Waals surface area contributed by atoms with Gasteiger partial charge in [-0.1, -0.05) is 37.4 Å². The van der Waals surface area contributed by atoms with Crippen LogP contribution in [0, 0.1) is 12.7 Å². The zero-order valence-electron chi connectivity index (χ0n) is 15.3. The van der Waals surface area contributed by atoms with Crippen LogP contribution in [0.15, 0.2) is 61.7 Å². The van der Waals surface area contributed by atoms with E-state index in [1.54, 1.807) is 12.1 Å². The normalized spacial score (nSPS) is 11.3. The van der Waals surface area contributed by atoms with Gasteiger partial charge in [-0.15, -0.1) is 0 Å². The molecular weight excluding hydrogens is 309 g/mol. The molecule has 0 unspecified atom stereocenters. The number of allylic oxidation sites excluding steroid dienone is 4. The van der Waals surface area contributed by atoms with Gasteiger partial charge in [0.1, 0.15) is 5.82 Å². The van der Waals surface area contributed by atoms with E-state index < -0.39 is 0 Å². The largest absolute Gasteiger partial charge is 0.384 e. The van der Waals surface area contributed by atoms with Gasteiger partial charge in [0.2, 0.25) is 0 Å². The van der Waals surface area contributed by atoms with Gasteiger partial charge < -0.3 is 5.32 Å². The first-order valence-corrected chi connectivity index (χ1v) is 8.54. The van der Waals surface area contributed by atoms with Crippen LogP contribution in [0.4, 0.5) is 10.1 Å². The molecule has 2 aromatic rings. The van der Waals surface area contributed by atoms with Gasteiger partial charge in [0.05, 0.1) is 0 Å². The smallest absolute Gasteiger partial charge is 0.123 e. The minimum absolute atomic E-state index is 0.193. The fourth-order valence-electron chi connectivity index (χ4n) is 2.94. The van der Waals surface area contributed by atoms with Gasteiger partial charge in [0, 0.05) is 17.8 Å². The number of hydrogen-bond acceptors (Lipinski definition) is 1. The van der Waals surface area contributed by atoms with Gasteiger partial charge in [0.15, 0.2) is 0 Å². The Hall–Kier alpha value is -2.61. The second kappa shape index (κ2) is 8.48. The molecule has 0 aliphatic rings. The molecule has 2 aromatic carbocycles. The first-order valence-electron chi connectivity index (χ1n) is 8.54. The second-order valence-electron chi connectivity index (χ2n) is 6.25. The lowest BCUT2D eigenvalue weighted by molar-refractivity contribution is 0.625. The molecule has 0 saturated carbocycles. The van der Waals surface area contributed by atoms with E-state index in [1.807, 2.05) is 26.0 Å². The van der Waals surface area contributed by atoms with Crippen molar-refractivity contribution in [3.63, 3.8) is 0 Å². The maximum atomic E-state index is 13.3. The van der Waals surface area contributed by atoms with Gasteiger partial charge in [-0.05, 0) is 79.3 Å². The molecule has 0 aliphatic carbocycles. The Labute approximate surface area is 150 Å². The maximum Gasteiger partial charge on any atom is 0.123 e. The molecule has 0 atom stereocenters. The summed E-state index contributed by atoms with van der Waals surface area (Å²) in [7, 11) is 0. The Morgan fingerprint density at radius 2 is 1.96 bits per heavy atom.